The molecule has 2 rings (SSSR count). The molecule has 0 heterocycles. The maximum absolute atomic E-state index is 6.44. The average Bonchev–Trinajstić information content (AvgIpc) is 2.42. The van der Waals surface area contributed by atoms with Crippen LogP contribution in [0.2, 0.25) is 10.0 Å². The molecule has 2 nitrogen and oxygen atoms in total. The number of benzene rings is 2. The predicted molar refractivity (Wildman–Crippen MR) is 84.7 cm³/mol. The number of hydrogen-bond donors (Lipinski definition) is 1. The van der Waals surface area contributed by atoms with Gasteiger partial charge >= 0.3 is 0 Å². The summed E-state index contributed by atoms with van der Waals surface area (Å²) in [7, 11) is 1.65. The van der Waals surface area contributed by atoms with Gasteiger partial charge in [-0.2, -0.15) is 0 Å². The second-order valence-electron chi connectivity index (χ2n) is 5.07. The Kier molecular flexibility index (Phi) is 4.59. The topological polar surface area (TPSA) is 35.2 Å². The van der Waals surface area contributed by atoms with Crippen LogP contribution in [0.1, 0.15) is 18.1 Å². The highest BCUT2D eigenvalue weighted by molar-refractivity contribution is 6.33. The summed E-state index contributed by atoms with van der Waals surface area (Å²) < 4.78 is 5.15. The molecule has 0 bridgehead atoms. The average molecular weight is 310 g/mol. The molecule has 2 aromatic rings. The summed E-state index contributed by atoms with van der Waals surface area (Å²) in [4.78, 5) is 0. The second kappa shape index (κ2) is 6.04. The fraction of sp³-hybridized carbons (Fsp3) is 0.250. The molecule has 0 aliphatic rings. The lowest BCUT2D eigenvalue weighted by atomic mass is 9.86. The summed E-state index contributed by atoms with van der Waals surface area (Å²) in [5.74, 6) is 0.827. The highest BCUT2D eigenvalue weighted by atomic mass is 35.5. The zero-order valence-electron chi connectivity index (χ0n) is 11.5. The summed E-state index contributed by atoms with van der Waals surface area (Å²) in [6.45, 7) is 1.95. The summed E-state index contributed by atoms with van der Waals surface area (Å²) in [6.07, 6.45) is 0.664. The van der Waals surface area contributed by atoms with Crippen LogP contribution in [-0.4, -0.2) is 7.11 Å². The van der Waals surface area contributed by atoms with Gasteiger partial charge in [-0.05, 0) is 54.8 Å². The Morgan fingerprint density at radius 3 is 2.35 bits per heavy atom. The van der Waals surface area contributed by atoms with Crippen molar-refractivity contribution in [2.75, 3.05) is 7.11 Å². The van der Waals surface area contributed by atoms with Gasteiger partial charge in [0, 0.05) is 15.6 Å². The molecule has 2 aromatic carbocycles. The molecule has 1 atom stereocenters. The number of nitrogens with two attached hydrogens (primary N) is 1. The number of ether oxygens (including phenoxy) is 1. The van der Waals surface area contributed by atoms with E-state index in [1.54, 1.807) is 19.2 Å². The Morgan fingerprint density at radius 1 is 1.10 bits per heavy atom. The van der Waals surface area contributed by atoms with Crippen molar-refractivity contribution in [2.24, 2.45) is 5.73 Å². The van der Waals surface area contributed by atoms with E-state index in [9.17, 15) is 0 Å². The third kappa shape index (κ3) is 3.45. The lowest BCUT2D eigenvalue weighted by Crippen LogP contribution is -2.35. The first-order chi connectivity index (χ1) is 9.42. The quantitative estimate of drug-likeness (QED) is 0.907. The van der Waals surface area contributed by atoms with Crippen molar-refractivity contribution in [1.29, 1.82) is 0 Å². The molecular weight excluding hydrogens is 293 g/mol. The number of hydrogen-bond acceptors (Lipinski definition) is 2. The molecule has 0 aliphatic heterocycles. The van der Waals surface area contributed by atoms with Gasteiger partial charge in [-0.25, -0.2) is 0 Å². The summed E-state index contributed by atoms with van der Waals surface area (Å²) in [6, 6.07) is 13.2. The smallest absolute Gasteiger partial charge is 0.118 e. The highest BCUT2D eigenvalue weighted by Crippen LogP contribution is 2.31. The van der Waals surface area contributed by atoms with Gasteiger partial charge in [0.15, 0.2) is 0 Å². The largest absolute Gasteiger partial charge is 0.497 e. The van der Waals surface area contributed by atoms with Crippen molar-refractivity contribution in [1.82, 2.24) is 0 Å². The number of rotatable bonds is 4. The molecule has 20 heavy (non-hydrogen) atoms. The first kappa shape index (κ1) is 15.2. The minimum atomic E-state index is -0.587. The molecule has 0 aliphatic carbocycles. The fourth-order valence-electron chi connectivity index (χ4n) is 2.20. The van der Waals surface area contributed by atoms with Crippen molar-refractivity contribution in [2.45, 2.75) is 18.9 Å². The molecule has 2 N–H and O–H groups in total. The first-order valence-electron chi connectivity index (χ1n) is 6.30. The van der Waals surface area contributed by atoms with Gasteiger partial charge in [0.1, 0.15) is 5.75 Å². The van der Waals surface area contributed by atoms with Gasteiger partial charge in [-0.15, -0.1) is 0 Å². The molecule has 1 unspecified atom stereocenters. The van der Waals surface area contributed by atoms with Gasteiger partial charge in [0.25, 0.3) is 0 Å². The van der Waals surface area contributed by atoms with Gasteiger partial charge in [0.05, 0.1) is 7.11 Å². The monoisotopic (exact) mass is 309 g/mol. The van der Waals surface area contributed by atoms with Crippen molar-refractivity contribution >= 4 is 23.2 Å². The van der Waals surface area contributed by atoms with Crippen LogP contribution in [0.4, 0.5) is 0 Å². The molecule has 0 saturated heterocycles. The Balaban J connectivity index is 2.27. The van der Waals surface area contributed by atoms with Gasteiger partial charge in [-0.3, -0.25) is 0 Å². The van der Waals surface area contributed by atoms with Gasteiger partial charge < -0.3 is 10.5 Å². The van der Waals surface area contributed by atoms with Crippen LogP contribution in [0.5, 0.6) is 5.75 Å². The Hall–Kier alpha value is -1.22. The second-order valence-corrected chi connectivity index (χ2v) is 5.91. The van der Waals surface area contributed by atoms with Crippen LogP contribution in [0, 0.1) is 0 Å². The highest BCUT2D eigenvalue weighted by Gasteiger charge is 2.24. The third-order valence-electron chi connectivity index (χ3n) is 3.27. The van der Waals surface area contributed by atoms with Crippen LogP contribution < -0.4 is 10.5 Å². The maximum Gasteiger partial charge on any atom is 0.118 e. The summed E-state index contributed by atoms with van der Waals surface area (Å²) in [5.41, 5.74) is 7.82. The Bertz CT molecular complexity index is 594. The zero-order chi connectivity index (χ0) is 14.8. The van der Waals surface area contributed by atoms with E-state index in [2.05, 4.69) is 0 Å². The van der Waals surface area contributed by atoms with E-state index in [1.165, 1.54) is 0 Å². The van der Waals surface area contributed by atoms with E-state index in [4.69, 9.17) is 33.7 Å². The molecule has 0 fully saturated rings. The van der Waals surface area contributed by atoms with Crippen LogP contribution >= 0.6 is 23.2 Å². The normalized spacial score (nSPS) is 13.8. The van der Waals surface area contributed by atoms with Crippen LogP contribution in [0.25, 0.3) is 0 Å². The van der Waals surface area contributed by atoms with Crippen molar-refractivity contribution in [3.63, 3.8) is 0 Å². The SMILES string of the molecule is COc1ccc(CC(C)(N)c2cc(Cl)ccc2Cl)cc1. The number of halogens is 2. The lowest BCUT2D eigenvalue weighted by Gasteiger charge is -2.27. The molecule has 106 valence electrons. The zero-order valence-corrected chi connectivity index (χ0v) is 13.0. The van der Waals surface area contributed by atoms with E-state index >= 15 is 0 Å². The third-order valence-corrected chi connectivity index (χ3v) is 3.84. The lowest BCUT2D eigenvalue weighted by molar-refractivity contribution is 0.414. The standard InChI is InChI=1S/C16H17Cl2NO/c1-16(19,14-9-12(17)5-8-15(14)18)10-11-3-6-13(20-2)7-4-11/h3-9H,10,19H2,1-2H3. The molecule has 0 radical (unpaired) electrons. The molecule has 0 spiro atoms. The molecule has 0 saturated carbocycles. The van der Waals surface area contributed by atoms with E-state index in [0.717, 1.165) is 16.9 Å². The molecule has 4 heteroatoms. The summed E-state index contributed by atoms with van der Waals surface area (Å²) in [5, 5.41) is 1.27. The van der Waals surface area contributed by atoms with Gasteiger partial charge in [-0.1, -0.05) is 35.3 Å². The van der Waals surface area contributed by atoms with Crippen molar-refractivity contribution in [3.05, 3.63) is 63.6 Å². The fourth-order valence-corrected chi connectivity index (χ4v) is 2.70. The van der Waals surface area contributed by atoms with Crippen LogP contribution in [0.15, 0.2) is 42.5 Å². The Labute approximate surface area is 129 Å². The minimum absolute atomic E-state index is 0.587. The predicted octanol–water partition coefficient (Wildman–Crippen LogP) is 4.42. The van der Waals surface area contributed by atoms with Crippen molar-refractivity contribution < 1.29 is 4.74 Å². The summed E-state index contributed by atoms with van der Waals surface area (Å²) >= 11 is 12.3. The van der Waals surface area contributed by atoms with E-state index in [1.807, 2.05) is 37.3 Å². The van der Waals surface area contributed by atoms with Crippen LogP contribution in [0.3, 0.4) is 0 Å². The molecule has 0 amide bonds. The van der Waals surface area contributed by atoms with E-state index in [0.29, 0.717) is 16.5 Å². The molecular formula is C16H17Cl2NO. The van der Waals surface area contributed by atoms with E-state index < -0.39 is 5.54 Å². The minimum Gasteiger partial charge on any atom is -0.497 e. The maximum atomic E-state index is 6.44. The van der Waals surface area contributed by atoms with Crippen LogP contribution in [-0.2, 0) is 12.0 Å². The first-order valence-corrected chi connectivity index (χ1v) is 7.05. The van der Waals surface area contributed by atoms with Crippen molar-refractivity contribution in [3.8, 4) is 5.75 Å². The molecule has 0 aromatic heterocycles. The van der Waals surface area contributed by atoms with E-state index in [-0.39, 0.29) is 0 Å². The Morgan fingerprint density at radius 2 is 1.75 bits per heavy atom. The number of methoxy groups -OCH3 is 1. The van der Waals surface area contributed by atoms with Gasteiger partial charge in [0.2, 0.25) is 0 Å².